The predicted molar refractivity (Wildman–Crippen MR) is 99.5 cm³/mol. The highest BCUT2D eigenvalue weighted by Gasteiger charge is 2.32. The van der Waals surface area contributed by atoms with E-state index in [1.165, 1.54) is 12.8 Å². The van der Waals surface area contributed by atoms with Gasteiger partial charge in [0.05, 0.1) is 17.9 Å². The number of hydrogen-bond donors (Lipinski definition) is 1. The summed E-state index contributed by atoms with van der Waals surface area (Å²) in [5, 5.41) is 3.10. The number of benzene rings is 1. The van der Waals surface area contributed by atoms with Gasteiger partial charge in [0.2, 0.25) is 0 Å². The molecular formula is C21H26N2O3. The first-order valence-corrected chi connectivity index (χ1v) is 9.50. The predicted octanol–water partition coefficient (Wildman–Crippen LogP) is 3.73. The third-order valence-corrected chi connectivity index (χ3v) is 5.70. The zero-order chi connectivity index (χ0) is 18.1. The van der Waals surface area contributed by atoms with E-state index in [0.29, 0.717) is 18.0 Å². The van der Waals surface area contributed by atoms with E-state index < -0.39 is 0 Å². The molecule has 3 atom stereocenters. The second kappa shape index (κ2) is 7.16. The van der Waals surface area contributed by atoms with Crippen LogP contribution in [-0.4, -0.2) is 36.5 Å². The number of fused-ring (bicyclic) bond motifs is 1. The summed E-state index contributed by atoms with van der Waals surface area (Å²) < 4.78 is 11.6. The van der Waals surface area contributed by atoms with Crippen molar-refractivity contribution in [3.63, 3.8) is 0 Å². The van der Waals surface area contributed by atoms with Gasteiger partial charge in [-0.2, -0.15) is 0 Å². The molecule has 1 aromatic carbocycles. The third-order valence-electron chi connectivity index (χ3n) is 5.70. The summed E-state index contributed by atoms with van der Waals surface area (Å²) in [6.07, 6.45) is 4.18. The van der Waals surface area contributed by atoms with Crippen molar-refractivity contribution in [1.82, 2.24) is 10.2 Å². The molecule has 5 nitrogen and oxygen atoms in total. The molecule has 0 saturated carbocycles. The van der Waals surface area contributed by atoms with Crippen molar-refractivity contribution in [1.29, 1.82) is 0 Å². The highest BCUT2D eigenvalue weighted by atomic mass is 16.5. The Balaban J connectivity index is 1.50. The lowest BCUT2D eigenvalue weighted by atomic mass is 9.97. The summed E-state index contributed by atoms with van der Waals surface area (Å²) in [4.78, 5) is 15.3. The lowest BCUT2D eigenvalue weighted by molar-refractivity contribution is 0.0929. The highest BCUT2D eigenvalue weighted by molar-refractivity contribution is 5.97. The lowest BCUT2D eigenvalue weighted by Crippen LogP contribution is -2.36. The topological polar surface area (TPSA) is 54.7 Å². The fraction of sp³-hybridized carbons (Fsp3) is 0.476. The molecule has 26 heavy (non-hydrogen) atoms. The van der Waals surface area contributed by atoms with Crippen LogP contribution in [-0.2, 0) is 0 Å². The molecule has 1 amide bonds. The summed E-state index contributed by atoms with van der Waals surface area (Å²) in [6, 6.07) is 9.80. The van der Waals surface area contributed by atoms with Crippen LogP contribution in [0.5, 0.6) is 5.75 Å². The minimum atomic E-state index is -0.0843. The molecule has 3 heterocycles. The van der Waals surface area contributed by atoms with Crippen molar-refractivity contribution in [2.75, 3.05) is 19.6 Å². The van der Waals surface area contributed by atoms with E-state index in [9.17, 15) is 4.79 Å². The molecule has 0 bridgehead atoms. The Hall–Kier alpha value is -2.27. The van der Waals surface area contributed by atoms with Crippen LogP contribution >= 0.6 is 0 Å². The first-order valence-electron chi connectivity index (χ1n) is 9.50. The van der Waals surface area contributed by atoms with Crippen molar-refractivity contribution in [2.24, 2.45) is 0 Å². The van der Waals surface area contributed by atoms with Crippen LogP contribution in [0.15, 0.2) is 41.0 Å². The molecule has 0 spiro atoms. The van der Waals surface area contributed by atoms with E-state index in [1.54, 1.807) is 6.26 Å². The van der Waals surface area contributed by atoms with Crippen LogP contribution < -0.4 is 10.1 Å². The summed E-state index contributed by atoms with van der Waals surface area (Å²) >= 11 is 0. The monoisotopic (exact) mass is 354 g/mol. The van der Waals surface area contributed by atoms with Gasteiger partial charge in [0.1, 0.15) is 17.6 Å². The molecule has 0 aliphatic carbocycles. The maximum atomic E-state index is 12.9. The van der Waals surface area contributed by atoms with E-state index in [1.807, 2.05) is 31.2 Å². The summed E-state index contributed by atoms with van der Waals surface area (Å²) in [6.45, 7) is 6.80. The summed E-state index contributed by atoms with van der Waals surface area (Å²) in [7, 11) is 0. The van der Waals surface area contributed by atoms with E-state index in [2.05, 4.69) is 23.2 Å². The van der Waals surface area contributed by atoms with Gasteiger partial charge in [-0.05, 0) is 51.1 Å². The number of amides is 1. The number of para-hydroxylation sites is 1. The Morgan fingerprint density at radius 1 is 1.23 bits per heavy atom. The minimum absolute atomic E-state index is 0.0759. The van der Waals surface area contributed by atoms with Crippen LogP contribution in [0.2, 0.25) is 0 Å². The van der Waals surface area contributed by atoms with E-state index in [-0.39, 0.29) is 18.1 Å². The molecule has 138 valence electrons. The van der Waals surface area contributed by atoms with Crippen LogP contribution in [0.25, 0.3) is 0 Å². The van der Waals surface area contributed by atoms with Crippen LogP contribution in [0, 0.1) is 0 Å². The number of likely N-dealkylation sites (tertiary alicyclic amines) is 1. The smallest absolute Gasteiger partial charge is 0.255 e. The van der Waals surface area contributed by atoms with Gasteiger partial charge in [0.25, 0.3) is 5.91 Å². The number of carbonyl (C=O) groups is 1. The van der Waals surface area contributed by atoms with Crippen LogP contribution in [0.3, 0.4) is 0 Å². The van der Waals surface area contributed by atoms with Gasteiger partial charge in [-0.25, -0.2) is 0 Å². The second-order valence-corrected chi connectivity index (χ2v) is 7.32. The number of ether oxygens (including phenoxy) is 1. The third kappa shape index (κ3) is 3.12. The Bertz CT molecular complexity index is 766. The number of nitrogens with zero attached hydrogens (tertiary/aromatic N) is 1. The number of hydrogen-bond acceptors (Lipinski definition) is 4. The maximum absolute atomic E-state index is 12.9. The average molecular weight is 354 g/mol. The van der Waals surface area contributed by atoms with E-state index >= 15 is 0 Å². The van der Waals surface area contributed by atoms with Crippen LogP contribution in [0.1, 0.15) is 60.3 Å². The largest absolute Gasteiger partial charge is 0.489 e. The van der Waals surface area contributed by atoms with Crippen molar-refractivity contribution in [2.45, 2.75) is 44.8 Å². The molecule has 0 radical (unpaired) electrons. The second-order valence-electron chi connectivity index (χ2n) is 7.32. The molecule has 2 aliphatic heterocycles. The molecule has 2 aliphatic rings. The fourth-order valence-electron chi connectivity index (χ4n) is 3.99. The van der Waals surface area contributed by atoms with Crippen molar-refractivity contribution in [3.05, 3.63) is 53.5 Å². The average Bonchev–Trinajstić information content (AvgIpc) is 3.39. The van der Waals surface area contributed by atoms with Gasteiger partial charge in [-0.3, -0.25) is 9.69 Å². The molecule has 3 unspecified atom stereocenters. The maximum Gasteiger partial charge on any atom is 0.255 e. The van der Waals surface area contributed by atoms with Crippen LogP contribution in [0.4, 0.5) is 0 Å². The molecule has 1 aromatic heterocycles. The molecule has 4 rings (SSSR count). The molecule has 1 N–H and O–H groups in total. The Kier molecular flexibility index (Phi) is 4.72. The summed E-state index contributed by atoms with van der Waals surface area (Å²) in [5.74, 6) is 1.86. The number of carbonyl (C=O) groups excluding carboxylic acids is 1. The zero-order valence-corrected chi connectivity index (χ0v) is 15.4. The van der Waals surface area contributed by atoms with Gasteiger partial charge in [-0.1, -0.05) is 19.1 Å². The quantitative estimate of drug-likeness (QED) is 0.889. The molecule has 1 fully saturated rings. The van der Waals surface area contributed by atoms with Gasteiger partial charge in [0, 0.05) is 18.0 Å². The minimum Gasteiger partial charge on any atom is -0.489 e. The van der Waals surface area contributed by atoms with Gasteiger partial charge >= 0.3 is 0 Å². The number of furan rings is 1. The first kappa shape index (κ1) is 17.2. The fourth-order valence-corrected chi connectivity index (χ4v) is 3.99. The zero-order valence-electron chi connectivity index (χ0n) is 15.4. The number of nitrogens with one attached hydrogen (secondary N) is 1. The van der Waals surface area contributed by atoms with Crippen molar-refractivity contribution >= 4 is 5.91 Å². The molecule has 5 heteroatoms. The SMILES string of the molecule is CC1Oc2c(C(=O)NCC(c3ccco3)N3CCCC3)cccc2C1C. The highest BCUT2D eigenvalue weighted by Crippen LogP contribution is 2.40. The molecule has 2 aromatic rings. The normalized spacial score (nSPS) is 23.5. The summed E-state index contributed by atoms with van der Waals surface area (Å²) in [5.41, 5.74) is 1.74. The standard InChI is InChI=1S/C21H26N2O3/c1-14-15(2)26-20-16(14)7-5-8-17(20)21(24)22-13-18(19-9-6-12-25-19)23-10-3-4-11-23/h5-9,12,14-15,18H,3-4,10-11,13H2,1-2H3,(H,22,24). The van der Waals surface area contributed by atoms with E-state index in [0.717, 1.165) is 30.2 Å². The Morgan fingerprint density at radius 2 is 2.04 bits per heavy atom. The van der Waals surface area contributed by atoms with Crippen molar-refractivity contribution < 1.29 is 13.9 Å². The first-order chi connectivity index (χ1) is 12.6. The Labute approximate surface area is 154 Å². The molecule has 1 saturated heterocycles. The van der Waals surface area contributed by atoms with E-state index in [4.69, 9.17) is 9.15 Å². The van der Waals surface area contributed by atoms with Gasteiger partial charge in [-0.15, -0.1) is 0 Å². The number of rotatable bonds is 5. The van der Waals surface area contributed by atoms with Gasteiger partial charge < -0.3 is 14.5 Å². The van der Waals surface area contributed by atoms with Crippen molar-refractivity contribution in [3.8, 4) is 5.75 Å². The molecular weight excluding hydrogens is 328 g/mol. The lowest BCUT2D eigenvalue weighted by Gasteiger charge is -2.26. The Morgan fingerprint density at radius 3 is 2.77 bits per heavy atom. The van der Waals surface area contributed by atoms with Gasteiger partial charge in [0.15, 0.2) is 0 Å².